The van der Waals surface area contributed by atoms with Crippen molar-refractivity contribution in [3.8, 4) is 17.2 Å². The van der Waals surface area contributed by atoms with Gasteiger partial charge in [-0.3, -0.25) is 9.59 Å². The van der Waals surface area contributed by atoms with Gasteiger partial charge in [-0.15, -0.1) is 0 Å². The van der Waals surface area contributed by atoms with E-state index in [-0.39, 0.29) is 5.75 Å². The van der Waals surface area contributed by atoms with Crippen LogP contribution in [0.2, 0.25) is 0 Å². The van der Waals surface area contributed by atoms with Gasteiger partial charge in [0.05, 0.1) is 26.1 Å². The summed E-state index contributed by atoms with van der Waals surface area (Å²) in [5.41, 5.74) is 2.96. The van der Waals surface area contributed by atoms with Crippen LogP contribution < -0.4 is 20.2 Å². The lowest BCUT2D eigenvalue weighted by molar-refractivity contribution is -0.136. The van der Waals surface area contributed by atoms with Crippen molar-refractivity contribution in [1.29, 1.82) is 0 Å². The number of hydrazone groups is 1. The smallest absolute Gasteiger partial charge is 0.329 e. The molecule has 2 rings (SSSR count). The molecule has 8 heteroatoms. The standard InChI is InChI=1S/C17H17N3O5/c1-24-13-6-7-15(25-2)14(9-13)19-16(22)17(23)20-18-10-11-4-3-5-12(21)8-11/h3-10,21H,1-2H3,(H,19,22)(H,20,23)/b18-10+. The highest BCUT2D eigenvalue weighted by atomic mass is 16.5. The number of rotatable bonds is 5. The van der Waals surface area contributed by atoms with Gasteiger partial charge in [-0.1, -0.05) is 12.1 Å². The van der Waals surface area contributed by atoms with Crippen LogP contribution in [0.25, 0.3) is 0 Å². The Balaban J connectivity index is 2.00. The molecule has 0 aliphatic heterocycles. The Labute approximate surface area is 144 Å². The van der Waals surface area contributed by atoms with Crippen molar-refractivity contribution in [1.82, 2.24) is 5.43 Å². The maximum absolute atomic E-state index is 11.9. The summed E-state index contributed by atoms with van der Waals surface area (Å²) in [7, 11) is 2.92. The van der Waals surface area contributed by atoms with Crippen molar-refractivity contribution in [2.24, 2.45) is 5.10 Å². The van der Waals surface area contributed by atoms with Crippen molar-refractivity contribution in [3.63, 3.8) is 0 Å². The summed E-state index contributed by atoms with van der Waals surface area (Å²) < 4.78 is 10.2. The van der Waals surface area contributed by atoms with Crippen LogP contribution in [0.3, 0.4) is 0 Å². The number of phenols is 1. The van der Waals surface area contributed by atoms with Crippen LogP contribution in [-0.2, 0) is 9.59 Å². The highest BCUT2D eigenvalue weighted by Crippen LogP contribution is 2.28. The van der Waals surface area contributed by atoms with E-state index in [0.29, 0.717) is 22.7 Å². The number of carbonyl (C=O) groups is 2. The normalized spacial score (nSPS) is 10.3. The van der Waals surface area contributed by atoms with Crippen LogP contribution in [-0.4, -0.2) is 37.4 Å². The van der Waals surface area contributed by atoms with E-state index in [1.165, 1.54) is 38.6 Å². The van der Waals surface area contributed by atoms with Crippen LogP contribution in [0.5, 0.6) is 17.2 Å². The van der Waals surface area contributed by atoms with Crippen LogP contribution in [0, 0.1) is 0 Å². The van der Waals surface area contributed by atoms with Crippen LogP contribution in [0.1, 0.15) is 5.56 Å². The van der Waals surface area contributed by atoms with E-state index < -0.39 is 11.8 Å². The molecule has 0 atom stereocenters. The topological polar surface area (TPSA) is 109 Å². The quantitative estimate of drug-likeness (QED) is 0.433. The zero-order valence-electron chi connectivity index (χ0n) is 13.6. The van der Waals surface area contributed by atoms with Gasteiger partial charge in [0.15, 0.2) is 0 Å². The van der Waals surface area contributed by atoms with Crippen molar-refractivity contribution in [2.45, 2.75) is 0 Å². The molecule has 2 aromatic carbocycles. The fourth-order valence-electron chi connectivity index (χ4n) is 1.91. The van der Waals surface area contributed by atoms with E-state index in [4.69, 9.17) is 9.47 Å². The molecule has 0 saturated heterocycles. The fourth-order valence-corrected chi connectivity index (χ4v) is 1.91. The summed E-state index contributed by atoms with van der Waals surface area (Å²) in [4.78, 5) is 23.7. The maximum Gasteiger partial charge on any atom is 0.329 e. The molecule has 3 N–H and O–H groups in total. The molecule has 130 valence electrons. The van der Waals surface area contributed by atoms with Gasteiger partial charge in [0.25, 0.3) is 0 Å². The lowest BCUT2D eigenvalue weighted by Gasteiger charge is -2.11. The molecule has 8 nitrogen and oxygen atoms in total. The van der Waals surface area contributed by atoms with Crippen LogP contribution in [0.4, 0.5) is 5.69 Å². The zero-order valence-corrected chi connectivity index (χ0v) is 13.6. The van der Waals surface area contributed by atoms with Crippen molar-refractivity contribution in [2.75, 3.05) is 19.5 Å². The number of phenolic OH excluding ortho intramolecular Hbond substituents is 1. The Bertz CT molecular complexity index is 805. The predicted octanol–water partition coefficient (Wildman–Crippen LogP) is 1.50. The minimum absolute atomic E-state index is 0.0677. The number of benzene rings is 2. The molecule has 0 aliphatic rings. The Morgan fingerprint density at radius 2 is 1.88 bits per heavy atom. The van der Waals surface area contributed by atoms with Crippen LogP contribution in [0.15, 0.2) is 47.6 Å². The molecule has 0 radical (unpaired) electrons. The van der Waals surface area contributed by atoms with Gasteiger partial charge in [0, 0.05) is 6.07 Å². The Morgan fingerprint density at radius 1 is 1.08 bits per heavy atom. The molecule has 0 saturated carbocycles. The van der Waals surface area contributed by atoms with E-state index in [1.807, 2.05) is 0 Å². The summed E-state index contributed by atoms with van der Waals surface area (Å²) in [6.45, 7) is 0. The first-order valence-electron chi connectivity index (χ1n) is 7.19. The Kier molecular flexibility index (Phi) is 5.94. The van der Waals surface area contributed by atoms with Crippen molar-refractivity contribution in [3.05, 3.63) is 48.0 Å². The molecule has 2 aromatic rings. The molecule has 0 fully saturated rings. The lowest BCUT2D eigenvalue weighted by Crippen LogP contribution is -2.32. The first-order valence-corrected chi connectivity index (χ1v) is 7.19. The first-order chi connectivity index (χ1) is 12.0. The van der Waals surface area contributed by atoms with Gasteiger partial charge < -0.3 is 19.9 Å². The second kappa shape index (κ2) is 8.34. The Hall–Kier alpha value is -3.55. The lowest BCUT2D eigenvalue weighted by atomic mass is 10.2. The summed E-state index contributed by atoms with van der Waals surface area (Å²) in [5, 5.41) is 15.4. The minimum Gasteiger partial charge on any atom is -0.508 e. The number of aromatic hydroxyl groups is 1. The van der Waals surface area contributed by atoms with E-state index in [9.17, 15) is 14.7 Å². The average Bonchev–Trinajstić information content (AvgIpc) is 2.61. The van der Waals surface area contributed by atoms with Gasteiger partial charge in [-0.25, -0.2) is 5.43 Å². The van der Waals surface area contributed by atoms with Crippen molar-refractivity contribution >= 4 is 23.7 Å². The molecular weight excluding hydrogens is 326 g/mol. The monoisotopic (exact) mass is 343 g/mol. The number of nitrogens with zero attached hydrogens (tertiary/aromatic N) is 1. The summed E-state index contributed by atoms with van der Waals surface area (Å²) in [5.74, 6) is -0.928. The number of amides is 2. The summed E-state index contributed by atoms with van der Waals surface area (Å²) >= 11 is 0. The fraction of sp³-hybridized carbons (Fsp3) is 0.118. The third-order valence-corrected chi connectivity index (χ3v) is 3.11. The molecule has 0 aliphatic carbocycles. The minimum atomic E-state index is -0.957. The number of carbonyl (C=O) groups excluding carboxylic acids is 2. The van der Waals surface area contributed by atoms with E-state index in [1.54, 1.807) is 24.3 Å². The number of methoxy groups -OCH3 is 2. The van der Waals surface area contributed by atoms with Gasteiger partial charge >= 0.3 is 11.8 Å². The summed E-state index contributed by atoms with van der Waals surface area (Å²) in [6, 6.07) is 11.1. The second-order valence-electron chi connectivity index (χ2n) is 4.81. The van der Waals surface area contributed by atoms with Gasteiger partial charge in [0.2, 0.25) is 0 Å². The van der Waals surface area contributed by atoms with Gasteiger partial charge in [-0.05, 0) is 29.8 Å². The molecule has 0 heterocycles. The maximum atomic E-state index is 11.9. The SMILES string of the molecule is COc1ccc(OC)c(NC(=O)C(=O)N/N=C/c2cccc(O)c2)c1. The third kappa shape index (κ3) is 4.96. The van der Waals surface area contributed by atoms with E-state index >= 15 is 0 Å². The van der Waals surface area contributed by atoms with Gasteiger partial charge in [0.1, 0.15) is 17.2 Å². The number of hydrogen-bond donors (Lipinski definition) is 3. The number of hydrogen-bond acceptors (Lipinski definition) is 6. The van der Waals surface area contributed by atoms with E-state index in [2.05, 4.69) is 15.8 Å². The number of nitrogens with one attached hydrogen (secondary N) is 2. The Morgan fingerprint density at radius 3 is 2.56 bits per heavy atom. The van der Waals surface area contributed by atoms with Gasteiger partial charge in [-0.2, -0.15) is 5.10 Å². The van der Waals surface area contributed by atoms with E-state index in [0.717, 1.165) is 0 Å². The highest BCUT2D eigenvalue weighted by Gasteiger charge is 2.16. The third-order valence-electron chi connectivity index (χ3n) is 3.11. The molecule has 0 aromatic heterocycles. The number of ether oxygens (including phenoxy) is 2. The largest absolute Gasteiger partial charge is 0.508 e. The van der Waals surface area contributed by atoms with Crippen LogP contribution >= 0.6 is 0 Å². The summed E-state index contributed by atoms with van der Waals surface area (Å²) in [6.07, 6.45) is 1.30. The number of anilines is 1. The zero-order chi connectivity index (χ0) is 18.2. The molecule has 2 amide bonds. The molecular formula is C17H17N3O5. The first kappa shape index (κ1) is 17.8. The molecule has 0 bridgehead atoms. The second-order valence-corrected chi connectivity index (χ2v) is 4.81. The molecule has 0 spiro atoms. The van der Waals surface area contributed by atoms with Crippen molar-refractivity contribution < 1.29 is 24.2 Å². The highest BCUT2D eigenvalue weighted by molar-refractivity contribution is 6.39. The average molecular weight is 343 g/mol. The molecule has 0 unspecified atom stereocenters. The molecule has 25 heavy (non-hydrogen) atoms. The predicted molar refractivity (Wildman–Crippen MR) is 92.0 cm³/mol.